The summed E-state index contributed by atoms with van der Waals surface area (Å²) in [6.07, 6.45) is 5.20. The minimum Gasteiger partial charge on any atom is -0.368 e. The molecule has 3 atom stereocenters. The van der Waals surface area contributed by atoms with Gasteiger partial charge in [0.25, 0.3) is 11.8 Å². The molecule has 3 heterocycles. The third kappa shape index (κ3) is 6.40. The molecule has 188 valence electrons. The Morgan fingerprint density at radius 3 is 2.54 bits per heavy atom. The van der Waals surface area contributed by atoms with E-state index < -0.39 is 35.8 Å². The van der Waals surface area contributed by atoms with Crippen LogP contribution in [0.5, 0.6) is 0 Å². The molecule has 4 N–H and O–H groups in total. The predicted molar refractivity (Wildman–Crippen MR) is 126 cm³/mol. The van der Waals surface area contributed by atoms with E-state index in [0.29, 0.717) is 24.2 Å². The first kappa shape index (κ1) is 25.8. The molecule has 2 aromatic rings. The van der Waals surface area contributed by atoms with Crippen molar-refractivity contribution in [2.45, 2.75) is 58.2 Å². The van der Waals surface area contributed by atoms with E-state index >= 15 is 0 Å². The number of aryl methyl sites for hydroxylation is 2. The van der Waals surface area contributed by atoms with Gasteiger partial charge in [-0.05, 0) is 38.2 Å². The molecule has 35 heavy (non-hydrogen) atoms. The normalized spacial score (nSPS) is 18.7. The van der Waals surface area contributed by atoms with E-state index in [0.717, 1.165) is 0 Å². The third-order valence-corrected chi connectivity index (χ3v) is 5.89. The van der Waals surface area contributed by atoms with E-state index in [1.54, 1.807) is 20.0 Å². The largest absolute Gasteiger partial charge is 0.368 e. The predicted octanol–water partition coefficient (Wildman–Crippen LogP) is -0.0621. The maximum atomic E-state index is 13.4. The number of hydrogen-bond donors (Lipinski definition) is 3. The molecule has 0 aliphatic carbocycles. The molecule has 1 fully saturated rings. The van der Waals surface area contributed by atoms with E-state index in [-0.39, 0.29) is 30.5 Å². The summed E-state index contributed by atoms with van der Waals surface area (Å²) in [6, 6.07) is -0.528. The van der Waals surface area contributed by atoms with Gasteiger partial charge in [0.1, 0.15) is 23.5 Å². The number of piperidine rings is 1. The van der Waals surface area contributed by atoms with E-state index in [2.05, 4.69) is 25.7 Å². The molecule has 2 aromatic heterocycles. The van der Waals surface area contributed by atoms with Crippen molar-refractivity contribution in [1.82, 2.24) is 35.3 Å². The molecule has 3 rings (SSSR count). The maximum absolute atomic E-state index is 13.4. The highest BCUT2D eigenvalue weighted by atomic mass is 16.2. The highest BCUT2D eigenvalue weighted by Crippen LogP contribution is 2.22. The van der Waals surface area contributed by atoms with Crippen LogP contribution in [0, 0.1) is 12.8 Å². The van der Waals surface area contributed by atoms with Crippen molar-refractivity contribution in [3.05, 3.63) is 41.7 Å². The molecule has 1 aliphatic rings. The lowest BCUT2D eigenvalue weighted by Gasteiger charge is -2.39. The fraction of sp³-hybridized carbons (Fsp3) is 0.522. The van der Waals surface area contributed by atoms with Crippen LogP contribution in [0.1, 0.15) is 59.8 Å². The van der Waals surface area contributed by atoms with Gasteiger partial charge in [0.15, 0.2) is 0 Å². The molecule has 0 saturated carbocycles. The first-order valence-corrected chi connectivity index (χ1v) is 11.5. The molecule has 1 saturated heterocycles. The average molecular weight is 485 g/mol. The smallest absolute Gasteiger partial charge is 0.272 e. The Balaban J connectivity index is 1.82. The summed E-state index contributed by atoms with van der Waals surface area (Å²) in [5.74, 6) is -1.80. The van der Waals surface area contributed by atoms with E-state index in [1.165, 1.54) is 28.2 Å². The van der Waals surface area contributed by atoms with Gasteiger partial charge < -0.3 is 21.3 Å². The maximum Gasteiger partial charge on any atom is 0.272 e. The number of nitrogens with one attached hydrogen (secondary N) is 2. The van der Waals surface area contributed by atoms with Crippen molar-refractivity contribution < 1.29 is 19.2 Å². The molecule has 12 heteroatoms. The number of nitrogens with two attached hydrogens (primary N) is 1. The van der Waals surface area contributed by atoms with Crippen LogP contribution in [-0.4, -0.2) is 72.9 Å². The van der Waals surface area contributed by atoms with Crippen LogP contribution in [0.3, 0.4) is 0 Å². The summed E-state index contributed by atoms with van der Waals surface area (Å²) >= 11 is 0. The zero-order chi connectivity index (χ0) is 25.7. The van der Waals surface area contributed by atoms with Crippen LogP contribution in [0.2, 0.25) is 0 Å². The highest BCUT2D eigenvalue weighted by Gasteiger charge is 2.39. The fourth-order valence-corrected chi connectivity index (χ4v) is 4.21. The zero-order valence-corrected chi connectivity index (χ0v) is 20.4. The molecule has 1 aliphatic heterocycles. The van der Waals surface area contributed by atoms with E-state index in [4.69, 9.17) is 5.73 Å². The molecule has 4 amide bonds. The number of primary amides is 1. The Kier molecular flexibility index (Phi) is 8.15. The van der Waals surface area contributed by atoms with Crippen molar-refractivity contribution in [1.29, 1.82) is 0 Å². The monoisotopic (exact) mass is 484 g/mol. The number of carbonyl (C=O) groups is 4. The molecule has 0 aromatic carbocycles. The van der Waals surface area contributed by atoms with Gasteiger partial charge in [-0.15, -0.1) is 0 Å². The lowest BCUT2D eigenvalue weighted by molar-refractivity contribution is -0.131. The van der Waals surface area contributed by atoms with Gasteiger partial charge in [-0.3, -0.25) is 28.8 Å². The standard InChI is InChI=1S/C23H32N8O4/c1-13(2)9-16(20(24)32)28-22(34)18-11-15(27-21(33)17-12-25-6-7-26-17)5-8-31(18)23(35)19-10-14(3)29-30(19)4/h6-7,10,12-13,15-16,18H,5,8-9,11H2,1-4H3,(H2,24,32)(H,27,33)(H,28,34). The quantitative estimate of drug-likeness (QED) is 0.472. The molecular weight excluding hydrogens is 452 g/mol. The van der Waals surface area contributed by atoms with Crippen LogP contribution >= 0.6 is 0 Å². The lowest BCUT2D eigenvalue weighted by atomic mass is 9.94. The second kappa shape index (κ2) is 11.1. The second-order valence-corrected chi connectivity index (χ2v) is 9.19. The topological polar surface area (TPSA) is 165 Å². The Morgan fingerprint density at radius 1 is 1.23 bits per heavy atom. The van der Waals surface area contributed by atoms with Gasteiger partial charge in [0.2, 0.25) is 11.8 Å². The van der Waals surface area contributed by atoms with Gasteiger partial charge >= 0.3 is 0 Å². The first-order chi connectivity index (χ1) is 16.6. The third-order valence-electron chi connectivity index (χ3n) is 5.89. The van der Waals surface area contributed by atoms with Gasteiger partial charge in [0.05, 0.1) is 11.9 Å². The second-order valence-electron chi connectivity index (χ2n) is 9.19. The Hall–Kier alpha value is -3.83. The average Bonchev–Trinajstić information content (AvgIpc) is 3.16. The molecular formula is C23H32N8O4. The minimum absolute atomic E-state index is 0.119. The summed E-state index contributed by atoms with van der Waals surface area (Å²) in [5.41, 5.74) is 6.69. The Bertz CT molecular complexity index is 1080. The minimum atomic E-state index is -0.923. The molecule has 3 unspecified atom stereocenters. The van der Waals surface area contributed by atoms with Crippen molar-refractivity contribution >= 4 is 23.6 Å². The van der Waals surface area contributed by atoms with Crippen LogP contribution in [0.4, 0.5) is 0 Å². The molecule has 0 radical (unpaired) electrons. The van der Waals surface area contributed by atoms with Crippen molar-refractivity contribution in [3.63, 3.8) is 0 Å². The molecule has 0 bridgehead atoms. The molecule has 12 nitrogen and oxygen atoms in total. The van der Waals surface area contributed by atoms with Crippen LogP contribution < -0.4 is 16.4 Å². The number of amides is 4. The number of likely N-dealkylation sites (tertiary alicyclic amines) is 1. The fourth-order valence-electron chi connectivity index (χ4n) is 4.21. The summed E-state index contributed by atoms with van der Waals surface area (Å²) in [6.45, 7) is 5.83. The van der Waals surface area contributed by atoms with Crippen molar-refractivity contribution in [2.75, 3.05) is 6.54 Å². The number of rotatable bonds is 8. The number of aromatic nitrogens is 4. The molecule has 0 spiro atoms. The van der Waals surface area contributed by atoms with Gasteiger partial charge in [-0.25, -0.2) is 4.98 Å². The van der Waals surface area contributed by atoms with E-state index in [9.17, 15) is 19.2 Å². The number of hydrogen-bond acceptors (Lipinski definition) is 7. The number of carbonyl (C=O) groups excluding carboxylic acids is 4. The van der Waals surface area contributed by atoms with Crippen LogP contribution in [0.25, 0.3) is 0 Å². The van der Waals surface area contributed by atoms with Gasteiger partial charge in [-0.2, -0.15) is 5.10 Å². The van der Waals surface area contributed by atoms with Gasteiger partial charge in [-0.1, -0.05) is 13.8 Å². The van der Waals surface area contributed by atoms with E-state index in [1.807, 2.05) is 13.8 Å². The van der Waals surface area contributed by atoms with Crippen LogP contribution in [0.15, 0.2) is 24.7 Å². The SMILES string of the molecule is Cc1cc(C(=O)N2CCC(NC(=O)c3cnccn3)CC2C(=O)NC(CC(C)C)C(N)=O)n(C)n1. The first-order valence-electron chi connectivity index (χ1n) is 11.5. The number of nitrogens with zero attached hydrogens (tertiary/aromatic N) is 5. The Labute approximate surface area is 203 Å². The highest BCUT2D eigenvalue weighted by molar-refractivity contribution is 5.98. The lowest BCUT2D eigenvalue weighted by Crippen LogP contribution is -2.59. The zero-order valence-electron chi connectivity index (χ0n) is 20.4. The van der Waals surface area contributed by atoms with Crippen molar-refractivity contribution in [3.8, 4) is 0 Å². The summed E-state index contributed by atoms with van der Waals surface area (Å²) in [5, 5.41) is 9.82. The summed E-state index contributed by atoms with van der Waals surface area (Å²) in [7, 11) is 1.66. The van der Waals surface area contributed by atoms with Crippen LogP contribution in [-0.2, 0) is 16.6 Å². The summed E-state index contributed by atoms with van der Waals surface area (Å²) in [4.78, 5) is 60.7. The Morgan fingerprint density at radius 2 is 1.97 bits per heavy atom. The van der Waals surface area contributed by atoms with Gasteiger partial charge in [0, 0.05) is 32.0 Å². The van der Waals surface area contributed by atoms with Crippen molar-refractivity contribution in [2.24, 2.45) is 18.7 Å². The summed E-state index contributed by atoms with van der Waals surface area (Å²) < 4.78 is 1.47.